The molecule has 1 amide bonds. The molecule has 2 N–H and O–H groups in total. The highest BCUT2D eigenvalue weighted by Crippen LogP contribution is 2.33. The van der Waals surface area contributed by atoms with Gasteiger partial charge in [-0.25, -0.2) is 0 Å². The Hall–Kier alpha value is -1.89. The number of aliphatic carboxylic acids is 1. The Bertz CT molecular complexity index is 645. The van der Waals surface area contributed by atoms with E-state index in [0.29, 0.717) is 17.5 Å². The molecule has 3 rings (SSSR count). The van der Waals surface area contributed by atoms with E-state index >= 15 is 0 Å². The van der Waals surface area contributed by atoms with Gasteiger partial charge in [-0.05, 0) is 43.6 Å². The molecule has 7 heteroatoms. The summed E-state index contributed by atoms with van der Waals surface area (Å²) in [7, 11) is 1.85. The van der Waals surface area contributed by atoms with Gasteiger partial charge in [0, 0.05) is 31.4 Å². The van der Waals surface area contributed by atoms with Gasteiger partial charge in [0.05, 0.1) is 6.54 Å². The highest BCUT2D eigenvalue weighted by molar-refractivity contribution is 5.92. The molecule has 2 aliphatic rings. The molecule has 138 valence electrons. The van der Waals surface area contributed by atoms with Crippen molar-refractivity contribution >= 4 is 11.9 Å². The largest absolute Gasteiger partial charge is 0.480 e. The number of aryl methyl sites for hydroxylation is 1. The van der Waals surface area contributed by atoms with Crippen molar-refractivity contribution in [2.24, 2.45) is 13.0 Å². The van der Waals surface area contributed by atoms with E-state index in [2.05, 4.69) is 29.2 Å². The lowest BCUT2D eigenvalue weighted by Gasteiger charge is -2.42. The monoisotopic (exact) mass is 348 g/mol. The topological polar surface area (TPSA) is 87.5 Å². The van der Waals surface area contributed by atoms with Crippen molar-refractivity contribution in [3.8, 4) is 0 Å². The van der Waals surface area contributed by atoms with Crippen molar-refractivity contribution in [2.75, 3.05) is 13.1 Å². The van der Waals surface area contributed by atoms with E-state index in [1.165, 1.54) is 12.8 Å². The highest BCUT2D eigenvalue weighted by Gasteiger charge is 2.38. The molecule has 25 heavy (non-hydrogen) atoms. The summed E-state index contributed by atoms with van der Waals surface area (Å²) in [6, 6.07) is 2.22. The Kier molecular flexibility index (Phi) is 5.13. The zero-order valence-electron chi connectivity index (χ0n) is 15.2. The fourth-order valence-electron chi connectivity index (χ4n) is 3.54. The maximum absolute atomic E-state index is 12.4. The van der Waals surface area contributed by atoms with Gasteiger partial charge in [0.15, 0.2) is 0 Å². The molecule has 1 aromatic heterocycles. The minimum absolute atomic E-state index is 0.0970. The summed E-state index contributed by atoms with van der Waals surface area (Å²) in [6.07, 6.45) is 4.05. The molecule has 0 spiro atoms. The molecule has 1 aromatic rings. The van der Waals surface area contributed by atoms with Crippen LogP contribution in [0.2, 0.25) is 0 Å². The van der Waals surface area contributed by atoms with Crippen LogP contribution < -0.4 is 5.32 Å². The van der Waals surface area contributed by atoms with Crippen LogP contribution in [-0.4, -0.2) is 56.8 Å². The number of nitrogens with one attached hydrogen (secondary N) is 1. The van der Waals surface area contributed by atoms with E-state index in [1.54, 1.807) is 4.68 Å². The van der Waals surface area contributed by atoms with Crippen molar-refractivity contribution in [3.63, 3.8) is 0 Å². The average molecular weight is 348 g/mol. The lowest BCUT2D eigenvalue weighted by Crippen LogP contribution is -2.55. The first-order chi connectivity index (χ1) is 11.8. The normalized spacial score (nSPS) is 22.9. The minimum Gasteiger partial charge on any atom is -0.480 e. The van der Waals surface area contributed by atoms with E-state index in [4.69, 9.17) is 5.11 Å². The number of aromatic nitrogens is 2. The van der Waals surface area contributed by atoms with Gasteiger partial charge in [-0.1, -0.05) is 13.8 Å². The molecule has 2 aliphatic carbocycles. The Morgan fingerprint density at radius 1 is 1.40 bits per heavy atom. The molecule has 2 saturated carbocycles. The molecule has 0 aliphatic heterocycles. The van der Waals surface area contributed by atoms with Gasteiger partial charge in [-0.3, -0.25) is 19.2 Å². The number of amides is 1. The zero-order valence-corrected chi connectivity index (χ0v) is 15.2. The average Bonchev–Trinajstić information content (AvgIpc) is 3.20. The van der Waals surface area contributed by atoms with E-state index in [0.717, 1.165) is 25.1 Å². The molecule has 0 radical (unpaired) electrons. The highest BCUT2D eigenvalue weighted by atomic mass is 16.4. The standard InChI is InChI=1S/C18H28N4O3/c1-11(2)16-8-15(20-21(16)3)18(25)19-13-6-14(7-13)22(10-17(23)24)9-12-4-5-12/h8,11-14H,4-7,9-10H2,1-3H3,(H,19,25)(H,23,24). The van der Waals surface area contributed by atoms with Crippen molar-refractivity contribution in [1.82, 2.24) is 20.0 Å². The molecular formula is C18H28N4O3. The van der Waals surface area contributed by atoms with Gasteiger partial charge < -0.3 is 10.4 Å². The van der Waals surface area contributed by atoms with Crippen LogP contribution in [0.1, 0.15) is 61.6 Å². The molecule has 0 atom stereocenters. The van der Waals surface area contributed by atoms with Gasteiger partial charge in [0.25, 0.3) is 5.91 Å². The van der Waals surface area contributed by atoms with Gasteiger partial charge >= 0.3 is 5.97 Å². The number of hydrogen-bond donors (Lipinski definition) is 2. The van der Waals surface area contributed by atoms with Crippen LogP contribution in [0.4, 0.5) is 0 Å². The summed E-state index contributed by atoms with van der Waals surface area (Å²) < 4.78 is 1.76. The fraction of sp³-hybridized carbons (Fsp3) is 0.722. The Morgan fingerprint density at radius 2 is 2.08 bits per heavy atom. The third kappa shape index (κ3) is 4.39. The second kappa shape index (κ2) is 7.15. The molecule has 0 unspecified atom stereocenters. The molecule has 1 heterocycles. The number of carboxylic acids is 1. The molecule has 2 fully saturated rings. The Balaban J connectivity index is 1.51. The van der Waals surface area contributed by atoms with Crippen LogP contribution in [0, 0.1) is 5.92 Å². The first kappa shape index (κ1) is 17.9. The molecule has 0 bridgehead atoms. The summed E-state index contributed by atoms with van der Waals surface area (Å²) in [5.41, 5.74) is 1.49. The second-order valence-electron chi connectivity index (χ2n) is 7.79. The van der Waals surface area contributed by atoms with Crippen LogP contribution >= 0.6 is 0 Å². The fourth-order valence-corrected chi connectivity index (χ4v) is 3.54. The van der Waals surface area contributed by atoms with Gasteiger partial charge in [0.2, 0.25) is 0 Å². The van der Waals surface area contributed by atoms with Crippen LogP contribution in [0.3, 0.4) is 0 Å². The summed E-state index contributed by atoms with van der Waals surface area (Å²) in [5, 5.41) is 16.4. The summed E-state index contributed by atoms with van der Waals surface area (Å²) in [5.74, 6) is 0.0656. The quantitative estimate of drug-likeness (QED) is 0.745. The van der Waals surface area contributed by atoms with Crippen molar-refractivity contribution in [2.45, 2.75) is 57.5 Å². The van der Waals surface area contributed by atoms with E-state index in [-0.39, 0.29) is 24.5 Å². The summed E-state index contributed by atoms with van der Waals surface area (Å²) in [4.78, 5) is 25.5. The predicted molar refractivity (Wildman–Crippen MR) is 93.5 cm³/mol. The number of carbonyl (C=O) groups excluding carboxylic acids is 1. The molecular weight excluding hydrogens is 320 g/mol. The van der Waals surface area contributed by atoms with Crippen LogP contribution in [-0.2, 0) is 11.8 Å². The van der Waals surface area contributed by atoms with Crippen LogP contribution in [0.5, 0.6) is 0 Å². The lowest BCUT2D eigenvalue weighted by atomic mass is 9.85. The van der Waals surface area contributed by atoms with Crippen LogP contribution in [0.15, 0.2) is 6.07 Å². The lowest BCUT2D eigenvalue weighted by molar-refractivity contribution is -0.139. The van der Waals surface area contributed by atoms with Crippen molar-refractivity contribution < 1.29 is 14.7 Å². The zero-order chi connectivity index (χ0) is 18.1. The van der Waals surface area contributed by atoms with Gasteiger partial charge in [0.1, 0.15) is 5.69 Å². The molecule has 7 nitrogen and oxygen atoms in total. The Morgan fingerprint density at radius 3 is 2.60 bits per heavy atom. The first-order valence-corrected chi connectivity index (χ1v) is 9.14. The predicted octanol–water partition coefficient (Wildman–Crippen LogP) is 1.60. The maximum atomic E-state index is 12.4. The number of carboxylic acid groups (broad SMARTS) is 1. The summed E-state index contributed by atoms with van der Waals surface area (Å²) >= 11 is 0. The van der Waals surface area contributed by atoms with E-state index < -0.39 is 5.97 Å². The van der Waals surface area contributed by atoms with Gasteiger partial charge in [-0.15, -0.1) is 0 Å². The Labute approximate surface area is 148 Å². The smallest absolute Gasteiger partial charge is 0.317 e. The van der Waals surface area contributed by atoms with E-state index in [1.807, 2.05) is 13.1 Å². The maximum Gasteiger partial charge on any atom is 0.317 e. The number of carbonyl (C=O) groups is 2. The molecule has 0 aromatic carbocycles. The second-order valence-corrected chi connectivity index (χ2v) is 7.79. The SMILES string of the molecule is CC(C)c1cc(C(=O)NC2CC(N(CC(=O)O)CC3CC3)C2)nn1C. The minimum atomic E-state index is -0.775. The summed E-state index contributed by atoms with van der Waals surface area (Å²) in [6.45, 7) is 5.12. The first-order valence-electron chi connectivity index (χ1n) is 9.14. The van der Waals surface area contributed by atoms with Crippen LogP contribution in [0.25, 0.3) is 0 Å². The number of hydrogen-bond acceptors (Lipinski definition) is 4. The van der Waals surface area contributed by atoms with E-state index in [9.17, 15) is 9.59 Å². The van der Waals surface area contributed by atoms with Crippen molar-refractivity contribution in [1.29, 1.82) is 0 Å². The van der Waals surface area contributed by atoms with Crippen molar-refractivity contribution in [3.05, 3.63) is 17.5 Å². The van der Waals surface area contributed by atoms with Gasteiger partial charge in [-0.2, -0.15) is 5.10 Å². The number of rotatable bonds is 8. The third-order valence-electron chi connectivity index (χ3n) is 5.23. The third-order valence-corrected chi connectivity index (χ3v) is 5.23. The molecule has 0 saturated heterocycles. The number of nitrogens with zero attached hydrogens (tertiary/aromatic N) is 3.